The van der Waals surface area contributed by atoms with E-state index in [2.05, 4.69) is 10.6 Å². The Morgan fingerprint density at radius 1 is 1.09 bits per heavy atom. The molecular formula is C16H17N3O3. The number of rotatable bonds is 4. The van der Waals surface area contributed by atoms with Crippen LogP contribution in [0.5, 0.6) is 0 Å². The van der Waals surface area contributed by atoms with Gasteiger partial charge in [-0.05, 0) is 31.2 Å². The lowest BCUT2D eigenvalue weighted by Crippen LogP contribution is -2.19. The molecule has 2 amide bonds. The minimum absolute atomic E-state index is 0.117. The summed E-state index contributed by atoms with van der Waals surface area (Å²) in [5.74, 6) is -0.513. The summed E-state index contributed by atoms with van der Waals surface area (Å²) in [5, 5.41) is 5.35. The van der Waals surface area contributed by atoms with Crippen molar-refractivity contribution in [3.05, 3.63) is 58.5 Å². The first-order valence-electron chi connectivity index (χ1n) is 6.89. The average Bonchev–Trinajstić information content (AvgIpc) is 2.48. The van der Waals surface area contributed by atoms with Crippen molar-refractivity contribution in [2.24, 2.45) is 0 Å². The Kier molecular flexibility index (Phi) is 4.73. The molecule has 0 saturated heterocycles. The zero-order valence-electron chi connectivity index (χ0n) is 12.4. The first-order chi connectivity index (χ1) is 10.5. The van der Waals surface area contributed by atoms with Gasteiger partial charge in [0.2, 0.25) is 5.91 Å². The number of pyridine rings is 1. The zero-order chi connectivity index (χ0) is 16.1. The normalized spacial score (nSPS) is 10.1. The highest BCUT2D eigenvalue weighted by atomic mass is 16.2. The molecule has 0 aliphatic rings. The number of hydrogen-bond acceptors (Lipinski definition) is 3. The van der Waals surface area contributed by atoms with E-state index < -0.39 is 0 Å². The van der Waals surface area contributed by atoms with E-state index in [4.69, 9.17) is 0 Å². The highest BCUT2D eigenvalue weighted by Gasteiger charge is 2.08. The molecule has 6 heteroatoms. The minimum atomic E-state index is -0.312. The van der Waals surface area contributed by atoms with Crippen molar-refractivity contribution in [2.75, 3.05) is 10.6 Å². The standard InChI is InChI=1S/C16H17N3O3/c1-3-19-10-14(7-8-15(19)21)18-16(22)12-5-4-6-13(9-12)17-11(2)20/h4-10H,3H2,1-2H3,(H,17,20)(H,18,22). The number of carbonyl (C=O) groups is 2. The van der Waals surface area contributed by atoms with Gasteiger partial charge in [0.25, 0.3) is 11.5 Å². The highest BCUT2D eigenvalue weighted by Crippen LogP contribution is 2.13. The fraction of sp³-hybridized carbons (Fsp3) is 0.188. The molecule has 0 bridgehead atoms. The molecule has 114 valence electrons. The summed E-state index contributed by atoms with van der Waals surface area (Å²) in [6.07, 6.45) is 1.60. The molecule has 0 unspecified atom stereocenters. The lowest BCUT2D eigenvalue weighted by atomic mass is 10.2. The Balaban J connectivity index is 2.18. The van der Waals surface area contributed by atoms with Crippen molar-refractivity contribution in [3.63, 3.8) is 0 Å². The van der Waals surface area contributed by atoms with Crippen LogP contribution in [0.3, 0.4) is 0 Å². The van der Waals surface area contributed by atoms with Gasteiger partial charge in [0.1, 0.15) is 0 Å². The van der Waals surface area contributed by atoms with E-state index >= 15 is 0 Å². The lowest BCUT2D eigenvalue weighted by Gasteiger charge is -2.09. The van der Waals surface area contributed by atoms with Crippen molar-refractivity contribution in [1.82, 2.24) is 4.57 Å². The summed E-state index contributed by atoms with van der Waals surface area (Å²) in [4.78, 5) is 34.8. The van der Waals surface area contributed by atoms with Crippen LogP contribution in [0.1, 0.15) is 24.2 Å². The minimum Gasteiger partial charge on any atom is -0.326 e. The van der Waals surface area contributed by atoms with Crippen molar-refractivity contribution in [2.45, 2.75) is 20.4 Å². The molecule has 0 saturated carbocycles. The molecule has 6 nitrogen and oxygen atoms in total. The quantitative estimate of drug-likeness (QED) is 0.907. The first-order valence-corrected chi connectivity index (χ1v) is 6.89. The van der Waals surface area contributed by atoms with Crippen molar-refractivity contribution in [3.8, 4) is 0 Å². The number of amides is 2. The van der Waals surface area contributed by atoms with Crippen LogP contribution in [0.25, 0.3) is 0 Å². The number of benzene rings is 1. The van der Waals surface area contributed by atoms with E-state index in [1.807, 2.05) is 6.92 Å². The van der Waals surface area contributed by atoms with Gasteiger partial charge in [-0.25, -0.2) is 0 Å². The molecule has 2 aromatic rings. The third-order valence-corrected chi connectivity index (χ3v) is 3.03. The third kappa shape index (κ3) is 3.82. The van der Waals surface area contributed by atoms with Gasteiger partial charge in [0, 0.05) is 37.0 Å². The second kappa shape index (κ2) is 6.71. The number of aryl methyl sites for hydroxylation is 1. The molecule has 1 aromatic carbocycles. The second-order valence-corrected chi connectivity index (χ2v) is 4.76. The molecule has 2 rings (SSSR count). The first kappa shape index (κ1) is 15.5. The number of anilines is 2. The van der Waals surface area contributed by atoms with E-state index in [0.717, 1.165) is 0 Å². The number of nitrogens with zero attached hydrogens (tertiary/aromatic N) is 1. The monoisotopic (exact) mass is 299 g/mol. The highest BCUT2D eigenvalue weighted by molar-refractivity contribution is 6.05. The van der Waals surface area contributed by atoms with Gasteiger partial charge in [-0.2, -0.15) is 0 Å². The Morgan fingerprint density at radius 2 is 1.86 bits per heavy atom. The average molecular weight is 299 g/mol. The Morgan fingerprint density at radius 3 is 2.55 bits per heavy atom. The zero-order valence-corrected chi connectivity index (χ0v) is 12.4. The fourth-order valence-electron chi connectivity index (χ4n) is 2.00. The maximum atomic E-state index is 12.2. The predicted molar refractivity (Wildman–Crippen MR) is 85.1 cm³/mol. The largest absolute Gasteiger partial charge is 0.326 e. The van der Waals surface area contributed by atoms with Crippen LogP contribution >= 0.6 is 0 Å². The maximum absolute atomic E-state index is 12.2. The summed E-state index contributed by atoms with van der Waals surface area (Å²) in [6.45, 7) is 3.78. The number of aromatic nitrogens is 1. The summed E-state index contributed by atoms with van der Waals surface area (Å²) >= 11 is 0. The maximum Gasteiger partial charge on any atom is 0.255 e. The van der Waals surface area contributed by atoms with Crippen LogP contribution in [-0.4, -0.2) is 16.4 Å². The predicted octanol–water partition coefficient (Wildman–Crippen LogP) is 2.08. The molecule has 1 aromatic heterocycles. The second-order valence-electron chi connectivity index (χ2n) is 4.76. The molecule has 0 radical (unpaired) electrons. The van der Waals surface area contributed by atoms with Gasteiger partial charge in [-0.15, -0.1) is 0 Å². The fourth-order valence-corrected chi connectivity index (χ4v) is 2.00. The van der Waals surface area contributed by atoms with E-state index in [0.29, 0.717) is 23.5 Å². The van der Waals surface area contributed by atoms with Crippen molar-refractivity contribution >= 4 is 23.2 Å². The Bertz CT molecular complexity index is 765. The summed E-state index contributed by atoms with van der Waals surface area (Å²) in [6, 6.07) is 9.60. The van der Waals surface area contributed by atoms with Crippen LogP contribution in [0, 0.1) is 0 Å². The molecule has 0 spiro atoms. The Hall–Kier alpha value is -2.89. The summed E-state index contributed by atoms with van der Waals surface area (Å²) in [7, 11) is 0. The van der Waals surface area contributed by atoms with E-state index in [9.17, 15) is 14.4 Å². The number of hydrogen-bond donors (Lipinski definition) is 2. The summed E-state index contributed by atoms with van der Waals surface area (Å²) in [5.41, 5.74) is 1.39. The van der Waals surface area contributed by atoms with E-state index in [1.54, 1.807) is 36.5 Å². The molecule has 22 heavy (non-hydrogen) atoms. The van der Waals surface area contributed by atoms with Crippen LogP contribution in [-0.2, 0) is 11.3 Å². The van der Waals surface area contributed by atoms with Crippen LogP contribution in [0.2, 0.25) is 0 Å². The van der Waals surface area contributed by atoms with Crippen LogP contribution in [0.4, 0.5) is 11.4 Å². The van der Waals surface area contributed by atoms with Gasteiger partial charge in [-0.1, -0.05) is 6.07 Å². The molecule has 2 N–H and O–H groups in total. The summed E-state index contributed by atoms with van der Waals surface area (Å²) < 4.78 is 1.50. The van der Waals surface area contributed by atoms with Crippen LogP contribution < -0.4 is 16.2 Å². The molecule has 0 fully saturated rings. The lowest BCUT2D eigenvalue weighted by molar-refractivity contribution is -0.114. The smallest absolute Gasteiger partial charge is 0.255 e. The number of carbonyl (C=O) groups excluding carboxylic acids is 2. The van der Waals surface area contributed by atoms with Gasteiger partial charge in [0.15, 0.2) is 0 Å². The Labute approximate surface area is 127 Å². The van der Waals surface area contributed by atoms with Gasteiger partial charge < -0.3 is 15.2 Å². The van der Waals surface area contributed by atoms with Gasteiger partial charge in [0.05, 0.1) is 5.69 Å². The molecular weight excluding hydrogens is 282 g/mol. The number of nitrogens with one attached hydrogen (secondary N) is 2. The SMILES string of the molecule is CCn1cc(NC(=O)c2cccc(NC(C)=O)c2)ccc1=O. The molecule has 0 aliphatic carbocycles. The molecule has 1 heterocycles. The molecule has 0 atom stereocenters. The van der Waals surface area contributed by atoms with Gasteiger partial charge >= 0.3 is 0 Å². The van der Waals surface area contributed by atoms with Crippen molar-refractivity contribution < 1.29 is 9.59 Å². The van der Waals surface area contributed by atoms with Crippen molar-refractivity contribution in [1.29, 1.82) is 0 Å². The van der Waals surface area contributed by atoms with Crippen LogP contribution in [0.15, 0.2) is 47.4 Å². The van der Waals surface area contributed by atoms with Gasteiger partial charge in [-0.3, -0.25) is 14.4 Å². The third-order valence-electron chi connectivity index (χ3n) is 3.03. The topological polar surface area (TPSA) is 80.2 Å². The molecule has 0 aliphatic heterocycles. The van der Waals surface area contributed by atoms with E-state index in [-0.39, 0.29) is 17.4 Å². The van der Waals surface area contributed by atoms with E-state index in [1.165, 1.54) is 17.6 Å².